The van der Waals surface area contributed by atoms with E-state index in [0.717, 1.165) is 23.8 Å². The van der Waals surface area contributed by atoms with Gasteiger partial charge in [-0.2, -0.15) is 4.31 Å². The van der Waals surface area contributed by atoms with Crippen LogP contribution in [-0.2, 0) is 16.6 Å². The summed E-state index contributed by atoms with van der Waals surface area (Å²) < 4.78 is 47.3. The maximum atomic E-state index is 14.5. The summed E-state index contributed by atoms with van der Waals surface area (Å²) >= 11 is 5.97. The molecule has 0 aromatic heterocycles. The fraction of sp³-hybridized carbons (Fsp3) is 0.174. The Morgan fingerprint density at radius 1 is 1.09 bits per heavy atom. The average molecular weight is 477 g/mol. The van der Waals surface area contributed by atoms with Gasteiger partial charge in [-0.3, -0.25) is 4.79 Å². The van der Waals surface area contributed by atoms with Crippen molar-refractivity contribution in [2.24, 2.45) is 0 Å². The Morgan fingerprint density at radius 3 is 2.47 bits per heavy atom. The molecule has 3 aromatic rings. The monoisotopic (exact) mass is 476 g/mol. The van der Waals surface area contributed by atoms with Crippen molar-refractivity contribution in [1.82, 2.24) is 4.31 Å². The van der Waals surface area contributed by atoms with Gasteiger partial charge in [0.25, 0.3) is 5.91 Å². The predicted molar refractivity (Wildman–Crippen MR) is 122 cm³/mol. The molecule has 32 heavy (non-hydrogen) atoms. The number of anilines is 1. The zero-order valence-corrected chi connectivity index (χ0v) is 19.1. The first-order valence-electron chi connectivity index (χ1n) is 9.74. The molecule has 168 valence electrons. The van der Waals surface area contributed by atoms with Gasteiger partial charge in [0.05, 0.1) is 23.3 Å². The maximum absolute atomic E-state index is 14.5. The number of methoxy groups -OCH3 is 1. The van der Waals surface area contributed by atoms with Crippen LogP contribution in [0.5, 0.6) is 5.75 Å². The summed E-state index contributed by atoms with van der Waals surface area (Å²) in [5.41, 5.74) is 0.631. The molecule has 0 spiro atoms. The second-order valence-electron chi connectivity index (χ2n) is 6.86. The van der Waals surface area contributed by atoms with Gasteiger partial charge in [-0.05, 0) is 42.0 Å². The predicted octanol–water partition coefficient (Wildman–Crippen LogP) is 4.95. The van der Waals surface area contributed by atoms with E-state index in [4.69, 9.17) is 16.3 Å². The Labute approximate surface area is 191 Å². The summed E-state index contributed by atoms with van der Waals surface area (Å²) in [6, 6.07) is 16.9. The van der Waals surface area contributed by atoms with Crippen LogP contribution in [0.25, 0.3) is 0 Å². The number of ether oxygens (including phenoxy) is 1. The van der Waals surface area contributed by atoms with Crippen LogP contribution in [0.3, 0.4) is 0 Å². The van der Waals surface area contributed by atoms with Crippen LogP contribution in [0.2, 0.25) is 5.02 Å². The summed E-state index contributed by atoms with van der Waals surface area (Å²) in [6.07, 6.45) is 0. The van der Waals surface area contributed by atoms with Crippen molar-refractivity contribution in [3.8, 4) is 5.75 Å². The van der Waals surface area contributed by atoms with Crippen molar-refractivity contribution in [2.75, 3.05) is 19.0 Å². The quantitative estimate of drug-likeness (QED) is 0.499. The molecule has 1 N–H and O–H groups in total. The highest BCUT2D eigenvalue weighted by molar-refractivity contribution is 7.89. The van der Waals surface area contributed by atoms with Gasteiger partial charge in [0, 0.05) is 18.1 Å². The van der Waals surface area contributed by atoms with Crippen LogP contribution in [-0.4, -0.2) is 32.3 Å². The minimum absolute atomic E-state index is 0.151. The van der Waals surface area contributed by atoms with Gasteiger partial charge in [0.15, 0.2) is 0 Å². The molecular weight excluding hydrogens is 455 g/mol. The number of carbonyl (C=O) groups excluding carboxylic acids is 1. The van der Waals surface area contributed by atoms with E-state index < -0.39 is 27.3 Å². The second kappa shape index (κ2) is 10.1. The topological polar surface area (TPSA) is 75.7 Å². The first kappa shape index (κ1) is 23.7. The van der Waals surface area contributed by atoms with E-state index in [0.29, 0.717) is 10.8 Å². The number of hydrogen-bond donors (Lipinski definition) is 1. The third-order valence-electron chi connectivity index (χ3n) is 4.78. The van der Waals surface area contributed by atoms with Gasteiger partial charge < -0.3 is 10.1 Å². The Kier molecular flexibility index (Phi) is 7.50. The summed E-state index contributed by atoms with van der Waals surface area (Å²) in [5.74, 6) is -1.35. The SMILES string of the molecule is CCN(Cc1ccccc1)S(=O)(=O)c1ccc(F)c(C(=O)Nc2cc(Cl)ccc2OC)c1. The lowest BCUT2D eigenvalue weighted by Crippen LogP contribution is -2.30. The van der Waals surface area contributed by atoms with E-state index in [-0.39, 0.29) is 23.7 Å². The number of hydrogen-bond acceptors (Lipinski definition) is 4. The number of rotatable bonds is 8. The molecule has 0 atom stereocenters. The number of halogens is 2. The third kappa shape index (κ3) is 5.27. The van der Waals surface area contributed by atoms with E-state index in [1.54, 1.807) is 19.1 Å². The Hall–Kier alpha value is -2.94. The van der Waals surface area contributed by atoms with Crippen LogP contribution < -0.4 is 10.1 Å². The lowest BCUT2D eigenvalue weighted by molar-refractivity contribution is 0.102. The highest BCUT2D eigenvalue weighted by Gasteiger charge is 2.26. The average Bonchev–Trinajstić information content (AvgIpc) is 2.78. The number of benzene rings is 3. The van der Waals surface area contributed by atoms with Crippen molar-refractivity contribution in [3.63, 3.8) is 0 Å². The van der Waals surface area contributed by atoms with Crippen LogP contribution in [0, 0.1) is 5.82 Å². The molecule has 0 bridgehead atoms. The Balaban J connectivity index is 1.92. The van der Waals surface area contributed by atoms with Gasteiger partial charge >= 0.3 is 0 Å². The zero-order chi connectivity index (χ0) is 23.3. The summed E-state index contributed by atoms with van der Waals surface area (Å²) in [4.78, 5) is 12.6. The molecule has 6 nitrogen and oxygen atoms in total. The normalized spacial score (nSPS) is 11.4. The van der Waals surface area contributed by atoms with Gasteiger partial charge in [-0.15, -0.1) is 0 Å². The molecular formula is C23H22ClFN2O4S. The number of sulfonamides is 1. The van der Waals surface area contributed by atoms with Crippen LogP contribution >= 0.6 is 11.6 Å². The second-order valence-corrected chi connectivity index (χ2v) is 9.23. The molecule has 0 unspecified atom stereocenters. The molecule has 3 rings (SSSR count). The van der Waals surface area contributed by atoms with Gasteiger partial charge in [0.1, 0.15) is 11.6 Å². The van der Waals surface area contributed by atoms with E-state index in [1.807, 2.05) is 30.3 Å². The van der Waals surface area contributed by atoms with E-state index in [2.05, 4.69) is 5.32 Å². The fourth-order valence-corrected chi connectivity index (χ4v) is 4.75. The van der Waals surface area contributed by atoms with Crippen LogP contribution in [0.15, 0.2) is 71.6 Å². The number of carbonyl (C=O) groups is 1. The molecule has 0 aliphatic rings. The first-order chi connectivity index (χ1) is 15.3. The third-order valence-corrected chi connectivity index (χ3v) is 6.94. The van der Waals surface area contributed by atoms with Crippen LogP contribution in [0.1, 0.15) is 22.8 Å². The number of nitrogens with zero attached hydrogens (tertiary/aromatic N) is 1. The Bertz CT molecular complexity index is 1220. The van der Waals surface area contributed by atoms with Crippen molar-refractivity contribution in [2.45, 2.75) is 18.4 Å². The summed E-state index contributed by atoms with van der Waals surface area (Å²) in [7, 11) is -2.56. The molecule has 3 aromatic carbocycles. The maximum Gasteiger partial charge on any atom is 0.258 e. The van der Waals surface area contributed by atoms with Gasteiger partial charge in [-0.25, -0.2) is 12.8 Å². The molecule has 0 aliphatic carbocycles. The minimum atomic E-state index is -3.97. The van der Waals surface area contributed by atoms with E-state index in [9.17, 15) is 17.6 Å². The van der Waals surface area contributed by atoms with E-state index in [1.165, 1.54) is 17.5 Å². The zero-order valence-electron chi connectivity index (χ0n) is 17.5. The van der Waals surface area contributed by atoms with Crippen molar-refractivity contribution in [1.29, 1.82) is 0 Å². The summed E-state index contributed by atoms with van der Waals surface area (Å²) in [5, 5.41) is 2.87. The largest absolute Gasteiger partial charge is 0.495 e. The Morgan fingerprint density at radius 2 is 1.81 bits per heavy atom. The molecule has 0 fully saturated rings. The number of nitrogens with one attached hydrogen (secondary N) is 1. The molecule has 0 saturated heterocycles. The smallest absolute Gasteiger partial charge is 0.258 e. The standard InChI is InChI=1S/C23H22ClFN2O4S/c1-3-27(15-16-7-5-4-6-8-16)32(29,30)18-10-11-20(25)19(14-18)23(28)26-21-13-17(24)9-12-22(21)31-2/h4-14H,3,15H2,1-2H3,(H,26,28). The van der Waals surface area contributed by atoms with E-state index >= 15 is 0 Å². The van der Waals surface area contributed by atoms with Gasteiger partial charge in [0.2, 0.25) is 10.0 Å². The molecule has 0 heterocycles. The summed E-state index contributed by atoms with van der Waals surface area (Å²) in [6.45, 7) is 2.07. The van der Waals surface area contributed by atoms with Crippen LogP contribution in [0.4, 0.5) is 10.1 Å². The molecule has 9 heteroatoms. The number of amides is 1. The molecule has 0 saturated carbocycles. The fourth-order valence-electron chi connectivity index (χ4n) is 3.11. The van der Waals surface area contributed by atoms with Gasteiger partial charge in [-0.1, -0.05) is 48.9 Å². The highest BCUT2D eigenvalue weighted by Crippen LogP contribution is 2.29. The van der Waals surface area contributed by atoms with Crippen molar-refractivity contribution in [3.05, 3.63) is 88.7 Å². The molecule has 0 aliphatic heterocycles. The molecule has 0 radical (unpaired) electrons. The highest BCUT2D eigenvalue weighted by atomic mass is 35.5. The minimum Gasteiger partial charge on any atom is -0.495 e. The first-order valence-corrected chi connectivity index (χ1v) is 11.6. The lowest BCUT2D eigenvalue weighted by Gasteiger charge is -2.21. The van der Waals surface area contributed by atoms with Crippen molar-refractivity contribution >= 4 is 33.2 Å². The van der Waals surface area contributed by atoms with Crippen molar-refractivity contribution < 1.29 is 22.3 Å². The lowest BCUT2D eigenvalue weighted by atomic mass is 10.2. The molecule has 1 amide bonds.